The van der Waals surface area contributed by atoms with Crippen molar-refractivity contribution in [3.63, 3.8) is 0 Å². The van der Waals surface area contributed by atoms with Gasteiger partial charge in [0.15, 0.2) is 0 Å². The zero-order valence-electron chi connectivity index (χ0n) is 34.8. The van der Waals surface area contributed by atoms with Crippen LogP contribution in [0.15, 0.2) is 182 Å². The van der Waals surface area contributed by atoms with Gasteiger partial charge in [-0.05, 0) is 132 Å². The van der Waals surface area contributed by atoms with Crippen LogP contribution in [0.3, 0.4) is 0 Å². The molecule has 0 unspecified atom stereocenters. The van der Waals surface area contributed by atoms with Gasteiger partial charge < -0.3 is 0 Å². The molecule has 0 saturated carbocycles. The van der Waals surface area contributed by atoms with Crippen molar-refractivity contribution in [2.45, 2.75) is 47.0 Å². The Morgan fingerprint density at radius 3 is 1.22 bits per heavy atom. The summed E-state index contributed by atoms with van der Waals surface area (Å²) >= 11 is 0. The summed E-state index contributed by atoms with van der Waals surface area (Å²) in [6.45, 7) is 14.9. The summed E-state index contributed by atoms with van der Waals surface area (Å²) in [5.41, 5.74) is 12.7. The Kier molecular flexibility index (Phi) is 7.70. The predicted molar refractivity (Wildman–Crippen MR) is 255 cm³/mol. The molecule has 0 radical (unpaired) electrons. The lowest BCUT2D eigenvalue weighted by molar-refractivity contribution is 0.0965. The Balaban J connectivity index is 1.32. The average molecular weight is 757 g/mol. The van der Waals surface area contributed by atoms with E-state index in [0.717, 1.165) is 0 Å². The van der Waals surface area contributed by atoms with E-state index in [1.807, 2.05) is 0 Å². The Morgan fingerprint density at radius 1 is 0.288 bits per heavy atom. The number of rotatable bonds is 3. The minimum Gasteiger partial charge on any atom is -0.0622 e. The van der Waals surface area contributed by atoms with E-state index >= 15 is 0 Å². The number of hydrogen-bond donors (Lipinski definition) is 0. The molecule has 11 rings (SSSR count). The van der Waals surface area contributed by atoms with Crippen LogP contribution in [0.2, 0.25) is 0 Å². The van der Waals surface area contributed by atoms with Crippen LogP contribution in [0.5, 0.6) is 0 Å². The van der Waals surface area contributed by atoms with Crippen molar-refractivity contribution in [1.82, 2.24) is 0 Å². The molecule has 0 atom stereocenters. The SMILES string of the molecule is CC(C)(C)C1(C(C)(C)C)c2cc(-c3c4ccccc4c(-c4cccc(-c5ccccc5)c4)c4ccccc34)c3ccccc3c2-c2c1c1ccccc1c1ccccc21. The molecule has 0 aliphatic heterocycles. The van der Waals surface area contributed by atoms with Crippen molar-refractivity contribution >= 4 is 53.9 Å². The second-order valence-corrected chi connectivity index (χ2v) is 18.8. The highest BCUT2D eigenvalue weighted by atomic mass is 14.6. The first-order valence-corrected chi connectivity index (χ1v) is 21.2. The van der Waals surface area contributed by atoms with Crippen molar-refractivity contribution < 1.29 is 0 Å². The van der Waals surface area contributed by atoms with E-state index in [0.29, 0.717) is 0 Å². The number of fused-ring (bicyclic) bond motifs is 12. The minimum atomic E-state index is -0.337. The molecule has 1 aliphatic rings. The van der Waals surface area contributed by atoms with E-state index < -0.39 is 0 Å². The molecule has 0 heteroatoms. The first kappa shape index (κ1) is 35.6. The molecule has 0 spiro atoms. The summed E-state index contributed by atoms with van der Waals surface area (Å²) in [6.07, 6.45) is 0. The van der Waals surface area contributed by atoms with E-state index in [1.54, 1.807) is 0 Å². The first-order chi connectivity index (χ1) is 28.6. The molecule has 0 amide bonds. The highest BCUT2D eigenvalue weighted by Crippen LogP contribution is 2.69. The van der Waals surface area contributed by atoms with Crippen LogP contribution in [-0.2, 0) is 5.41 Å². The molecule has 59 heavy (non-hydrogen) atoms. The smallest absolute Gasteiger partial charge is 0.0318 e. The van der Waals surface area contributed by atoms with E-state index in [-0.39, 0.29) is 16.2 Å². The highest BCUT2D eigenvalue weighted by Gasteiger charge is 2.59. The standard InChI is InChI=1S/C59H48/c1-57(2,3)59(58(4,5)6)51-36-50(42-27-11-13-28-43(42)54(51)55-44-29-14-10-25-40(44)41-26-12-19-34-49(41)56(55)59)53-47-32-17-15-30-45(47)52(46-31-16-18-33-48(46)53)39-24-20-23-38(35-39)37-21-8-7-9-22-37/h7-36H,1-6H3. The van der Waals surface area contributed by atoms with Crippen LogP contribution < -0.4 is 0 Å². The van der Waals surface area contributed by atoms with E-state index in [1.165, 1.54) is 109 Å². The third-order valence-electron chi connectivity index (χ3n) is 13.7. The minimum absolute atomic E-state index is 0.145. The van der Waals surface area contributed by atoms with Gasteiger partial charge in [0.05, 0.1) is 0 Å². The molecule has 10 aromatic rings. The molecule has 0 fully saturated rings. The van der Waals surface area contributed by atoms with Crippen LogP contribution in [0.1, 0.15) is 52.7 Å². The van der Waals surface area contributed by atoms with Gasteiger partial charge in [0.25, 0.3) is 0 Å². The second kappa shape index (κ2) is 12.7. The van der Waals surface area contributed by atoms with Crippen molar-refractivity contribution in [2.24, 2.45) is 10.8 Å². The van der Waals surface area contributed by atoms with Crippen molar-refractivity contribution in [3.05, 3.63) is 193 Å². The molecule has 0 N–H and O–H groups in total. The summed E-state index contributed by atoms with van der Waals surface area (Å²) in [7, 11) is 0. The van der Waals surface area contributed by atoms with Gasteiger partial charge in [0, 0.05) is 5.41 Å². The van der Waals surface area contributed by atoms with Crippen molar-refractivity contribution in [3.8, 4) is 44.5 Å². The molecule has 0 bridgehead atoms. The lowest BCUT2D eigenvalue weighted by atomic mass is 9.49. The average Bonchev–Trinajstić information content (AvgIpc) is 3.59. The Morgan fingerprint density at radius 2 is 0.678 bits per heavy atom. The van der Waals surface area contributed by atoms with Gasteiger partial charge in [-0.1, -0.05) is 211 Å². The second-order valence-electron chi connectivity index (χ2n) is 18.8. The lowest BCUT2D eigenvalue weighted by Crippen LogP contribution is -2.50. The van der Waals surface area contributed by atoms with E-state index in [2.05, 4.69) is 224 Å². The van der Waals surface area contributed by atoms with Crippen LogP contribution in [0, 0.1) is 10.8 Å². The van der Waals surface area contributed by atoms with Gasteiger partial charge in [-0.25, -0.2) is 0 Å². The molecule has 0 nitrogen and oxygen atoms in total. The maximum Gasteiger partial charge on any atom is 0.0318 e. The summed E-state index contributed by atoms with van der Waals surface area (Å²) in [6, 6.07) is 68.4. The fourth-order valence-electron chi connectivity index (χ4n) is 12.0. The van der Waals surface area contributed by atoms with E-state index in [9.17, 15) is 0 Å². The van der Waals surface area contributed by atoms with Crippen LogP contribution in [0.25, 0.3) is 98.4 Å². The molecule has 1 aliphatic carbocycles. The van der Waals surface area contributed by atoms with Gasteiger partial charge >= 0.3 is 0 Å². The first-order valence-electron chi connectivity index (χ1n) is 21.2. The van der Waals surface area contributed by atoms with Gasteiger partial charge in [-0.15, -0.1) is 0 Å². The molecule has 0 aromatic heterocycles. The Hall–Kier alpha value is -6.50. The van der Waals surface area contributed by atoms with Gasteiger partial charge in [-0.3, -0.25) is 0 Å². The fraction of sp³-hybridized carbons (Fsp3) is 0.153. The molecule has 284 valence electrons. The van der Waals surface area contributed by atoms with Crippen LogP contribution in [-0.4, -0.2) is 0 Å². The molecule has 10 aromatic carbocycles. The summed E-state index contributed by atoms with van der Waals surface area (Å²) in [5.74, 6) is 0. The normalized spacial score (nSPS) is 13.7. The lowest BCUT2D eigenvalue weighted by Gasteiger charge is -2.53. The van der Waals surface area contributed by atoms with Crippen molar-refractivity contribution in [1.29, 1.82) is 0 Å². The molecular formula is C59H48. The maximum absolute atomic E-state index is 2.65. The Labute approximate surface area is 347 Å². The number of benzene rings is 10. The van der Waals surface area contributed by atoms with Crippen LogP contribution in [0.4, 0.5) is 0 Å². The largest absolute Gasteiger partial charge is 0.0622 e. The topological polar surface area (TPSA) is 0 Å². The van der Waals surface area contributed by atoms with E-state index in [4.69, 9.17) is 0 Å². The molecule has 0 heterocycles. The summed E-state index contributed by atoms with van der Waals surface area (Å²) in [4.78, 5) is 0. The number of hydrogen-bond acceptors (Lipinski definition) is 0. The Bertz CT molecular complexity index is 3260. The monoisotopic (exact) mass is 756 g/mol. The van der Waals surface area contributed by atoms with Gasteiger partial charge in [-0.2, -0.15) is 0 Å². The quantitative estimate of drug-likeness (QED) is 0.124. The zero-order chi connectivity index (χ0) is 40.3. The maximum atomic E-state index is 2.65. The fourth-order valence-corrected chi connectivity index (χ4v) is 12.0. The molecule has 0 saturated heterocycles. The highest BCUT2D eigenvalue weighted by molar-refractivity contribution is 6.27. The summed E-state index contributed by atoms with van der Waals surface area (Å²) in [5, 5.41) is 13.1. The van der Waals surface area contributed by atoms with Crippen molar-refractivity contribution in [2.75, 3.05) is 0 Å². The van der Waals surface area contributed by atoms with Gasteiger partial charge in [0.1, 0.15) is 0 Å². The van der Waals surface area contributed by atoms with Crippen LogP contribution >= 0.6 is 0 Å². The predicted octanol–water partition coefficient (Wildman–Crippen LogP) is 16.8. The summed E-state index contributed by atoms with van der Waals surface area (Å²) < 4.78 is 0. The third-order valence-corrected chi connectivity index (χ3v) is 13.7. The van der Waals surface area contributed by atoms with Gasteiger partial charge in [0.2, 0.25) is 0 Å². The zero-order valence-corrected chi connectivity index (χ0v) is 34.8. The molecular weight excluding hydrogens is 709 g/mol. The third kappa shape index (κ3) is 4.90.